The first-order chi connectivity index (χ1) is 17.6. The molecule has 1 aliphatic rings. The number of amides is 1. The number of hydrogen-bond donors (Lipinski definition) is 1. The number of ether oxygens (including phenoxy) is 1. The second kappa shape index (κ2) is 9.97. The fourth-order valence-corrected chi connectivity index (χ4v) is 6.22. The third-order valence-electron chi connectivity index (χ3n) is 6.29. The normalized spacial score (nSPS) is 16.6. The van der Waals surface area contributed by atoms with E-state index in [9.17, 15) is 13.2 Å². The molecule has 188 valence electrons. The molecule has 0 saturated carbocycles. The van der Waals surface area contributed by atoms with Gasteiger partial charge in [0.05, 0.1) is 4.90 Å². The third kappa shape index (κ3) is 5.74. The van der Waals surface area contributed by atoms with E-state index in [2.05, 4.69) is 33.6 Å². The van der Waals surface area contributed by atoms with E-state index in [0.717, 1.165) is 40.8 Å². The van der Waals surface area contributed by atoms with Crippen LogP contribution in [0.1, 0.15) is 28.4 Å². The van der Waals surface area contributed by atoms with Crippen LogP contribution in [-0.4, -0.2) is 19.9 Å². The standard InChI is InChI=1S/C29H23BrClNO4S/c1-29(17-19-5-12-25(31)13-6-19)18-23-15-22(11-14-27(23)36-29)20-7-9-21(10-8-20)28(33)32-37(34,35)26-4-2-3-24(30)16-26/h2-16H,17-18H2,1H3,(H,32,33)/t29-/m1/s1. The summed E-state index contributed by atoms with van der Waals surface area (Å²) in [6.45, 7) is 2.11. The molecular weight excluding hydrogens is 574 g/mol. The van der Waals surface area contributed by atoms with E-state index in [1.165, 1.54) is 12.1 Å². The van der Waals surface area contributed by atoms with Crippen LogP contribution < -0.4 is 9.46 Å². The van der Waals surface area contributed by atoms with Crippen LogP contribution in [0.3, 0.4) is 0 Å². The molecule has 4 aromatic carbocycles. The van der Waals surface area contributed by atoms with E-state index in [0.29, 0.717) is 9.50 Å². The van der Waals surface area contributed by atoms with Gasteiger partial charge in [-0.15, -0.1) is 0 Å². The van der Waals surface area contributed by atoms with Gasteiger partial charge in [0.2, 0.25) is 0 Å². The summed E-state index contributed by atoms with van der Waals surface area (Å²) in [5.74, 6) is 0.181. The van der Waals surface area contributed by atoms with Crippen LogP contribution in [0.15, 0.2) is 100 Å². The molecule has 1 heterocycles. The predicted molar refractivity (Wildman–Crippen MR) is 149 cm³/mol. The van der Waals surface area contributed by atoms with E-state index in [1.807, 2.05) is 48.5 Å². The van der Waals surface area contributed by atoms with Crippen LogP contribution in [0.25, 0.3) is 11.1 Å². The average Bonchev–Trinajstić information content (AvgIpc) is 3.20. The number of rotatable bonds is 6. The van der Waals surface area contributed by atoms with Gasteiger partial charge in [-0.3, -0.25) is 4.79 Å². The fourth-order valence-electron chi connectivity index (χ4n) is 4.52. The predicted octanol–water partition coefficient (Wildman–Crippen LogP) is 6.82. The van der Waals surface area contributed by atoms with Gasteiger partial charge < -0.3 is 4.74 Å². The van der Waals surface area contributed by atoms with Crippen molar-refractivity contribution in [1.82, 2.24) is 4.72 Å². The summed E-state index contributed by atoms with van der Waals surface area (Å²) in [5.41, 5.74) is 4.09. The van der Waals surface area contributed by atoms with E-state index in [-0.39, 0.29) is 16.1 Å². The number of hydrogen-bond acceptors (Lipinski definition) is 4. The molecule has 0 aliphatic carbocycles. The van der Waals surface area contributed by atoms with Gasteiger partial charge in [0.1, 0.15) is 11.4 Å². The highest BCUT2D eigenvalue weighted by Crippen LogP contribution is 2.39. The summed E-state index contributed by atoms with van der Waals surface area (Å²) in [7, 11) is -3.99. The first-order valence-electron chi connectivity index (χ1n) is 11.6. The maximum absolute atomic E-state index is 12.6. The SMILES string of the molecule is C[C@@]1(Cc2ccc(Cl)cc2)Cc2cc(-c3ccc(C(=O)NS(=O)(=O)c4cccc(Br)c4)cc3)ccc2O1. The van der Waals surface area contributed by atoms with Gasteiger partial charge in [0.15, 0.2) is 0 Å². The fraction of sp³-hybridized carbons (Fsp3) is 0.138. The zero-order valence-corrected chi connectivity index (χ0v) is 23.0. The highest BCUT2D eigenvalue weighted by atomic mass is 79.9. The average molecular weight is 597 g/mol. The Balaban J connectivity index is 1.29. The topological polar surface area (TPSA) is 72.5 Å². The molecule has 0 saturated heterocycles. The summed E-state index contributed by atoms with van der Waals surface area (Å²) in [6, 6.07) is 26.9. The first-order valence-corrected chi connectivity index (χ1v) is 14.3. The molecule has 0 spiro atoms. The number of nitrogens with one attached hydrogen (secondary N) is 1. The lowest BCUT2D eigenvalue weighted by Gasteiger charge is -2.24. The molecule has 1 amide bonds. The Morgan fingerprint density at radius 1 is 0.973 bits per heavy atom. The van der Waals surface area contributed by atoms with Crippen LogP contribution >= 0.6 is 27.5 Å². The van der Waals surface area contributed by atoms with Crippen molar-refractivity contribution in [3.8, 4) is 16.9 Å². The summed E-state index contributed by atoms with van der Waals surface area (Å²) < 4.78 is 34.2. The molecular formula is C29H23BrClNO4S. The Hall–Kier alpha value is -3.13. The highest BCUT2D eigenvalue weighted by molar-refractivity contribution is 9.10. The van der Waals surface area contributed by atoms with Crippen molar-refractivity contribution in [3.05, 3.63) is 117 Å². The van der Waals surface area contributed by atoms with E-state index in [4.69, 9.17) is 16.3 Å². The van der Waals surface area contributed by atoms with Crippen LogP contribution in [-0.2, 0) is 22.9 Å². The Morgan fingerprint density at radius 2 is 1.68 bits per heavy atom. The molecule has 37 heavy (non-hydrogen) atoms. The minimum atomic E-state index is -3.99. The smallest absolute Gasteiger partial charge is 0.264 e. The van der Waals surface area contributed by atoms with Crippen molar-refractivity contribution in [1.29, 1.82) is 0 Å². The quantitative estimate of drug-likeness (QED) is 0.265. The molecule has 0 aromatic heterocycles. The van der Waals surface area contributed by atoms with E-state index >= 15 is 0 Å². The van der Waals surface area contributed by atoms with Gasteiger partial charge in [-0.25, -0.2) is 13.1 Å². The Labute approximate surface area is 229 Å². The molecule has 4 aromatic rings. The van der Waals surface area contributed by atoms with Crippen LogP contribution in [0.4, 0.5) is 0 Å². The number of carbonyl (C=O) groups excluding carboxylic acids is 1. The molecule has 0 bridgehead atoms. The Morgan fingerprint density at radius 3 is 2.38 bits per heavy atom. The minimum absolute atomic E-state index is 0.00951. The first kappa shape index (κ1) is 25.5. The number of sulfonamides is 1. The molecule has 1 N–H and O–H groups in total. The van der Waals surface area contributed by atoms with Crippen molar-refractivity contribution in [2.24, 2.45) is 0 Å². The van der Waals surface area contributed by atoms with E-state index < -0.39 is 15.9 Å². The molecule has 1 atom stereocenters. The summed E-state index contributed by atoms with van der Waals surface area (Å²) in [6.07, 6.45) is 1.54. The number of benzene rings is 4. The van der Waals surface area contributed by atoms with E-state index in [1.54, 1.807) is 24.3 Å². The van der Waals surface area contributed by atoms with Crippen LogP contribution in [0.2, 0.25) is 5.02 Å². The lowest BCUT2D eigenvalue weighted by Crippen LogP contribution is -2.32. The zero-order chi connectivity index (χ0) is 26.2. The van der Waals surface area contributed by atoms with Crippen molar-refractivity contribution in [2.75, 3.05) is 0 Å². The maximum Gasteiger partial charge on any atom is 0.264 e. The molecule has 8 heteroatoms. The molecule has 0 radical (unpaired) electrons. The number of fused-ring (bicyclic) bond motifs is 1. The molecule has 0 unspecified atom stereocenters. The highest BCUT2D eigenvalue weighted by Gasteiger charge is 2.35. The minimum Gasteiger partial charge on any atom is -0.487 e. The summed E-state index contributed by atoms with van der Waals surface area (Å²) in [4.78, 5) is 12.6. The molecule has 1 aliphatic heterocycles. The van der Waals surface area contributed by atoms with Crippen LogP contribution in [0.5, 0.6) is 5.75 Å². The second-order valence-electron chi connectivity index (χ2n) is 9.32. The summed E-state index contributed by atoms with van der Waals surface area (Å²) >= 11 is 9.26. The lowest BCUT2D eigenvalue weighted by atomic mass is 9.91. The van der Waals surface area contributed by atoms with Gasteiger partial charge in [0, 0.05) is 27.9 Å². The largest absolute Gasteiger partial charge is 0.487 e. The maximum atomic E-state index is 12.6. The van der Waals surface area contributed by atoms with Gasteiger partial charge in [-0.05, 0) is 83.8 Å². The summed E-state index contributed by atoms with van der Waals surface area (Å²) in [5, 5.41) is 0.712. The molecule has 0 fully saturated rings. The molecule has 5 rings (SSSR count). The van der Waals surface area contributed by atoms with Crippen molar-refractivity contribution < 1.29 is 17.9 Å². The Kier molecular flexibility index (Phi) is 6.88. The van der Waals surface area contributed by atoms with Gasteiger partial charge in [-0.1, -0.05) is 63.9 Å². The lowest BCUT2D eigenvalue weighted by molar-refractivity contribution is 0.0981. The second-order valence-corrected chi connectivity index (χ2v) is 12.4. The number of carbonyl (C=O) groups is 1. The van der Waals surface area contributed by atoms with Crippen molar-refractivity contribution >= 4 is 43.5 Å². The van der Waals surface area contributed by atoms with Crippen molar-refractivity contribution in [2.45, 2.75) is 30.3 Å². The van der Waals surface area contributed by atoms with Crippen molar-refractivity contribution in [3.63, 3.8) is 0 Å². The Bertz CT molecular complexity index is 1590. The van der Waals surface area contributed by atoms with Gasteiger partial charge in [0.25, 0.3) is 15.9 Å². The number of halogens is 2. The van der Waals surface area contributed by atoms with Crippen LogP contribution in [0, 0.1) is 0 Å². The molecule has 5 nitrogen and oxygen atoms in total. The van der Waals surface area contributed by atoms with Gasteiger partial charge >= 0.3 is 0 Å². The van der Waals surface area contributed by atoms with Gasteiger partial charge in [-0.2, -0.15) is 0 Å². The third-order valence-corrected chi connectivity index (χ3v) is 8.36. The zero-order valence-electron chi connectivity index (χ0n) is 19.9. The monoisotopic (exact) mass is 595 g/mol.